The molecule has 1 aliphatic heterocycles. The van der Waals surface area contributed by atoms with E-state index in [1.807, 2.05) is 4.90 Å². The lowest BCUT2D eigenvalue weighted by molar-refractivity contribution is -0.143. The topological polar surface area (TPSA) is 45.7 Å². The lowest BCUT2D eigenvalue weighted by atomic mass is 10.0. The average Bonchev–Trinajstić information content (AvgIpc) is 3.25. The third-order valence-electron chi connectivity index (χ3n) is 5.67. The van der Waals surface area contributed by atoms with Crippen LogP contribution in [0.15, 0.2) is 30.3 Å². The summed E-state index contributed by atoms with van der Waals surface area (Å²) in [4.78, 5) is 20.3. The fourth-order valence-electron chi connectivity index (χ4n) is 3.86. The number of hydrogen-bond acceptors (Lipinski definition) is 5. The summed E-state index contributed by atoms with van der Waals surface area (Å²) in [5, 5.41) is -0.183. The van der Waals surface area contributed by atoms with Crippen molar-refractivity contribution in [1.29, 1.82) is 0 Å². The molecule has 0 radical (unpaired) electrons. The largest absolute Gasteiger partial charge is 0.416 e. The number of carbonyl (C=O) groups is 1. The van der Waals surface area contributed by atoms with Gasteiger partial charge in [-0.1, -0.05) is 11.3 Å². The summed E-state index contributed by atoms with van der Waals surface area (Å²) in [6.07, 6.45) is -10.0. The fraction of sp³-hybridized carbons (Fsp3) is 0.391. The first-order valence-corrected chi connectivity index (χ1v) is 11.8. The summed E-state index contributed by atoms with van der Waals surface area (Å²) in [6, 6.07) is 2.15. The van der Waals surface area contributed by atoms with Crippen LogP contribution in [0.3, 0.4) is 0 Å². The van der Waals surface area contributed by atoms with E-state index < -0.39 is 46.6 Å². The number of morpholine rings is 1. The number of fused-ring (bicyclic) bond motifs is 1. The molecule has 5 nitrogen and oxygen atoms in total. The van der Waals surface area contributed by atoms with Crippen LogP contribution >= 0.6 is 23.7 Å². The van der Waals surface area contributed by atoms with Crippen LogP contribution in [0.1, 0.15) is 27.9 Å². The van der Waals surface area contributed by atoms with Crippen LogP contribution in [-0.2, 0) is 17.1 Å². The number of anilines is 1. The van der Waals surface area contributed by atoms with Gasteiger partial charge < -0.3 is 4.74 Å². The zero-order chi connectivity index (χ0) is 27.0. The second-order valence-corrected chi connectivity index (χ2v) is 9.30. The van der Waals surface area contributed by atoms with E-state index in [0.29, 0.717) is 62.4 Å². The summed E-state index contributed by atoms with van der Waals surface area (Å²) in [7, 11) is 0. The third-order valence-corrected chi connectivity index (χ3v) is 6.70. The first-order chi connectivity index (χ1) is 17.3. The van der Waals surface area contributed by atoms with Gasteiger partial charge in [0.2, 0.25) is 0 Å². The molecular formula is C23H20ClF8N3O2S. The Morgan fingerprint density at radius 1 is 0.974 bits per heavy atom. The van der Waals surface area contributed by atoms with E-state index in [1.165, 1.54) is 0 Å². The number of ether oxygens (including phenoxy) is 1. The lowest BCUT2D eigenvalue weighted by Gasteiger charge is -2.28. The first-order valence-electron chi connectivity index (χ1n) is 11.0. The Morgan fingerprint density at radius 2 is 1.58 bits per heavy atom. The predicted octanol–water partition coefficient (Wildman–Crippen LogP) is 6.40. The Morgan fingerprint density at radius 3 is 2.16 bits per heavy atom. The maximum absolute atomic E-state index is 14.2. The summed E-state index contributed by atoms with van der Waals surface area (Å²) < 4.78 is 113. The van der Waals surface area contributed by atoms with Crippen LogP contribution in [0.5, 0.6) is 0 Å². The maximum Gasteiger partial charge on any atom is 0.416 e. The van der Waals surface area contributed by atoms with Gasteiger partial charge in [0.25, 0.3) is 5.91 Å². The smallest absolute Gasteiger partial charge is 0.379 e. The number of benzene rings is 2. The molecule has 0 N–H and O–H groups in total. The molecule has 1 fully saturated rings. The fourth-order valence-corrected chi connectivity index (χ4v) is 4.89. The van der Waals surface area contributed by atoms with E-state index in [1.54, 1.807) is 0 Å². The quantitative estimate of drug-likeness (QED) is 0.312. The molecule has 2 aromatic carbocycles. The number of alkyl halides is 6. The van der Waals surface area contributed by atoms with Crippen molar-refractivity contribution in [1.82, 2.24) is 9.88 Å². The SMILES string of the molecule is Cl.O=C(c1cc(C(F)(F)F)cc(C(F)(F)F)c1)N(CCCN1CCOCC1)c1nc2c(F)cc(F)cc2s1. The van der Waals surface area contributed by atoms with Gasteiger partial charge in [-0.25, -0.2) is 13.8 Å². The van der Waals surface area contributed by atoms with Crippen molar-refractivity contribution in [2.45, 2.75) is 18.8 Å². The molecule has 0 aliphatic carbocycles. The minimum atomic E-state index is -5.14. The molecule has 2 heterocycles. The van der Waals surface area contributed by atoms with Crippen LogP contribution in [-0.4, -0.2) is 55.2 Å². The number of halogens is 9. The maximum atomic E-state index is 14.2. The third kappa shape index (κ3) is 6.90. The van der Waals surface area contributed by atoms with Gasteiger partial charge in [0.15, 0.2) is 10.9 Å². The lowest BCUT2D eigenvalue weighted by Crippen LogP contribution is -2.39. The molecule has 0 unspecified atom stereocenters. The molecule has 38 heavy (non-hydrogen) atoms. The Balaban J connectivity index is 0.00000400. The minimum Gasteiger partial charge on any atom is -0.379 e. The highest BCUT2D eigenvalue weighted by Gasteiger charge is 2.38. The average molecular weight is 590 g/mol. The molecule has 1 amide bonds. The number of hydrogen-bond donors (Lipinski definition) is 0. The van der Waals surface area contributed by atoms with Gasteiger partial charge in [0.05, 0.1) is 29.0 Å². The normalized spacial score (nSPS) is 14.9. The van der Waals surface area contributed by atoms with E-state index in [4.69, 9.17) is 4.74 Å². The molecule has 15 heteroatoms. The summed E-state index contributed by atoms with van der Waals surface area (Å²) in [5.74, 6) is -3.10. The number of aromatic nitrogens is 1. The van der Waals surface area contributed by atoms with E-state index in [0.717, 1.165) is 11.0 Å². The highest BCUT2D eigenvalue weighted by atomic mass is 35.5. The predicted molar refractivity (Wildman–Crippen MR) is 127 cm³/mol. The first kappa shape index (κ1) is 30.0. The van der Waals surface area contributed by atoms with Crippen molar-refractivity contribution in [2.75, 3.05) is 44.3 Å². The number of nitrogens with zero attached hydrogens (tertiary/aromatic N) is 3. The van der Waals surface area contributed by atoms with Crippen molar-refractivity contribution in [3.8, 4) is 0 Å². The van der Waals surface area contributed by atoms with Crippen LogP contribution < -0.4 is 4.90 Å². The monoisotopic (exact) mass is 589 g/mol. The Kier molecular flexibility index (Phi) is 9.22. The molecular weight excluding hydrogens is 570 g/mol. The summed E-state index contributed by atoms with van der Waals surface area (Å²) in [5.41, 5.74) is -4.42. The Hall–Kier alpha value is -2.55. The zero-order valence-corrected chi connectivity index (χ0v) is 21.0. The van der Waals surface area contributed by atoms with E-state index >= 15 is 0 Å². The Bertz CT molecular complexity index is 1260. The van der Waals surface area contributed by atoms with Crippen molar-refractivity contribution < 1.29 is 44.7 Å². The summed E-state index contributed by atoms with van der Waals surface area (Å²) >= 11 is 0.698. The van der Waals surface area contributed by atoms with Gasteiger partial charge in [-0.15, -0.1) is 12.4 Å². The minimum absolute atomic E-state index is 0. The number of thiazole rings is 1. The molecule has 3 aromatic rings. The van der Waals surface area contributed by atoms with Gasteiger partial charge in [-0.05, 0) is 30.7 Å². The van der Waals surface area contributed by atoms with E-state index in [2.05, 4.69) is 4.98 Å². The molecule has 4 rings (SSSR count). The van der Waals surface area contributed by atoms with E-state index in [-0.39, 0.29) is 46.8 Å². The molecule has 208 valence electrons. The number of rotatable bonds is 6. The van der Waals surface area contributed by atoms with Crippen LogP contribution in [0, 0.1) is 11.6 Å². The van der Waals surface area contributed by atoms with Crippen LogP contribution in [0.25, 0.3) is 10.2 Å². The number of carbonyl (C=O) groups excluding carboxylic acids is 1. The zero-order valence-electron chi connectivity index (χ0n) is 19.3. The van der Waals surface area contributed by atoms with Gasteiger partial charge in [0, 0.05) is 37.8 Å². The van der Waals surface area contributed by atoms with Gasteiger partial charge in [0.1, 0.15) is 11.3 Å². The Labute approximate surface area is 221 Å². The van der Waals surface area contributed by atoms with Gasteiger partial charge >= 0.3 is 12.4 Å². The molecule has 1 aliphatic rings. The molecule has 0 atom stereocenters. The van der Waals surface area contributed by atoms with Gasteiger partial charge in [-0.3, -0.25) is 14.6 Å². The second kappa shape index (κ2) is 11.7. The number of amides is 1. The molecule has 1 saturated heterocycles. The van der Waals surface area contributed by atoms with Crippen molar-refractivity contribution in [3.63, 3.8) is 0 Å². The van der Waals surface area contributed by atoms with Gasteiger partial charge in [-0.2, -0.15) is 26.3 Å². The molecule has 0 spiro atoms. The van der Waals surface area contributed by atoms with Crippen LogP contribution in [0.4, 0.5) is 40.3 Å². The second-order valence-electron chi connectivity index (χ2n) is 8.29. The van der Waals surface area contributed by atoms with Crippen LogP contribution in [0.2, 0.25) is 0 Å². The molecule has 0 saturated carbocycles. The molecule has 0 bridgehead atoms. The standard InChI is InChI=1S/C23H19F8N3O2S.ClH/c24-16-11-17(25)19-18(12-16)37-21(32-19)34(3-1-2-33-4-6-36-7-5-33)20(35)13-8-14(22(26,27)28)10-15(9-13)23(29,30)31;/h8-12H,1-7H2;1H. The molecule has 1 aromatic heterocycles. The van der Waals surface area contributed by atoms with Crippen molar-refractivity contribution >= 4 is 45.0 Å². The highest BCUT2D eigenvalue weighted by Crippen LogP contribution is 2.38. The van der Waals surface area contributed by atoms with Crippen molar-refractivity contribution in [3.05, 3.63) is 58.7 Å². The summed E-state index contributed by atoms with van der Waals surface area (Å²) in [6.45, 7) is 2.53. The van der Waals surface area contributed by atoms with E-state index in [9.17, 15) is 39.9 Å². The highest BCUT2D eigenvalue weighted by molar-refractivity contribution is 7.22. The van der Waals surface area contributed by atoms with Crippen molar-refractivity contribution in [2.24, 2.45) is 0 Å².